The Morgan fingerprint density at radius 3 is 0.867 bits per heavy atom. The van der Waals surface area contributed by atoms with Gasteiger partial charge in [-0.2, -0.15) is 0 Å². The van der Waals surface area contributed by atoms with Crippen molar-refractivity contribution in [2.75, 3.05) is 41.2 Å². The second-order valence-corrected chi connectivity index (χ2v) is 17.4. The van der Waals surface area contributed by atoms with E-state index < -0.39 is 0 Å². The van der Waals surface area contributed by atoms with Crippen molar-refractivity contribution in [1.82, 2.24) is 0 Å². The van der Waals surface area contributed by atoms with Crippen LogP contribution < -0.4 is 28.4 Å². The van der Waals surface area contributed by atoms with Crippen LogP contribution in [-0.2, 0) is 19.3 Å². The lowest BCUT2D eigenvalue weighted by molar-refractivity contribution is 0.284. The molecule has 60 heavy (non-hydrogen) atoms. The van der Waals surface area contributed by atoms with Gasteiger partial charge in [-0.3, -0.25) is 0 Å². The first kappa shape index (κ1) is 43.8. The normalized spacial score (nSPS) is 12.7. The van der Waals surface area contributed by atoms with Crippen molar-refractivity contribution in [2.45, 2.75) is 156 Å². The summed E-state index contributed by atoms with van der Waals surface area (Å²) in [7, 11) is 5.31. The lowest BCUT2D eigenvalue weighted by Gasteiger charge is -2.18. The van der Waals surface area contributed by atoms with E-state index in [9.17, 15) is 0 Å². The van der Waals surface area contributed by atoms with E-state index in [2.05, 4.69) is 57.2 Å². The van der Waals surface area contributed by atoms with Crippen molar-refractivity contribution < 1.29 is 28.4 Å². The Bertz CT molecular complexity index is 1810. The minimum Gasteiger partial charge on any atom is -0.493 e. The van der Waals surface area contributed by atoms with Gasteiger partial charge in [-0.15, -0.1) is 0 Å². The van der Waals surface area contributed by atoms with E-state index in [0.29, 0.717) is 19.8 Å². The third-order valence-corrected chi connectivity index (χ3v) is 13.2. The van der Waals surface area contributed by atoms with Crippen LogP contribution in [0.3, 0.4) is 0 Å². The van der Waals surface area contributed by atoms with E-state index in [4.69, 9.17) is 28.4 Å². The molecule has 324 valence electrons. The van der Waals surface area contributed by atoms with Crippen LogP contribution in [-0.4, -0.2) is 41.2 Å². The summed E-state index contributed by atoms with van der Waals surface area (Å²) in [5, 5.41) is 0. The van der Waals surface area contributed by atoms with Gasteiger partial charge in [0.05, 0.1) is 41.2 Å². The molecule has 3 aliphatic carbocycles. The zero-order valence-electron chi connectivity index (χ0n) is 37.9. The first-order valence-electron chi connectivity index (χ1n) is 23.8. The van der Waals surface area contributed by atoms with Crippen molar-refractivity contribution in [2.24, 2.45) is 0 Å². The summed E-state index contributed by atoms with van der Waals surface area (Å²) in [4.78, 5) is 0. The molecule has 6 heteroatoms. The molecule has 0 amide bonds. The van der Waals surface area contributed by atoms with Gasteiger partial charge in [-0.05, 0) is 142 Å². The summed E-state index contributed by atoms with van der Waals surface area (Å²) < 4.78 is 37.6. The molecule has 6 nitrogen and oxygen atoms in total. The van der Waals surface area contributed by atoms with Crippen molar-refractivity contribution in [3.05, 3.63) is 69.8 Å². The highest BCUT2D eigenvalue weighted by atomic mass is 16.5. The number of hydrogen-bond donors (Lipinski definition) is 0. The predicted molar refractivity (Wildman–Crippen MR) is 247 cm³/mol. The Morgan fingerprint density at radius 1 is 0.333 bits per heavy atom. The van der Waals surface area contributed by atoms with Crippen LogP contribution in [0.2, 0.25) is 0 Å². The quantitative estimate of drug-likeness (QED) is 0.0482. The maximum Gasteiger partial charge on any atom is 0.161 e. The molecular weight excluding hydrogens is 745 g/mol. The maximum absolute atomic E-state index is 6.48. The molecule has 0 spiro atoms. The monoisotopic (exact) mass is 817 g/mol. The number of fused-ring (bicyclic) bond motifs is 12. The molecule has 0 N–H and O–H groups in total. The fourth-order valence-electron chi connectivity index (χ4n) is 9.95. The third kappa shape index (κ3) is 9.58. The Balaban J connectivity index is 1.23. The predicted octanol–water partition coefficient (Wildman–Crippen LogP) is 14.6. The van der Waals surface area contributed by atoms with E-state index in [0.717, 1.165) is 73.0 Å². The van der Waals surface area contributed by atoms with Gasteiger partial charge < -0.3 is 28.4 Å². The summed E-state index contributed by atoms with van der Waals surface area (Å²) in [6.45, 7) is 8.91. The summed E-state index contributed by atoms with van der Waals surface area (Å²) in [6, 6.07) is 13.5. The smallest absolute Gasteiger partial charge is 0.161 e. The largest absolute Gasteiger partial charge is 0.493 e. The van der Waals surface area contributed by atoms with Gasteiger partial charge in [0.1, 0.15) is 0 Å². The summed E-state index contributed by atoms with van der Waals surface area (Å²) in [6.07, 6.45) is 24.8. The van der Waals surface area contributed by atoms with Crippen LogP contribution >= 0.6 is 0 Å². The maximum atomic E-state index is 6.48. The van der Waals surface area contributed by atoms with Crippen molar-refractivity contribution in [1.29, 1.82) is 0 Å². The highest BCUT2D eigenvalue weighted by Crippen LogP contribution is 2.59. The number of rotatable bonds is 27. The molecular formula is C54H72O6. The molecule has 0 aliphatic heterocycles. The highest BCUT2D eigenvalue weighted by molar-refractivity contribution is 6.01. The van der Waals surface area contributed by atoms with Gasteiger partial charge in [0.2, 0.25) is 0 Å². The molecule has 0 atom stereocenters. The van der Waals surface area contributed by atoms with Gasteiger partial charge in [0.25, 0.3) is 0 Å². The average Bonchev–Trinajstić information content (AvgIpc) is 3.94. The Hall–Kier alpha value is -4.32. The number of ether oxygens (including phenoxy) is 6. The molecule has 7 rings (SSSR count). The van der Waals surface area contributed by atoms with Gasteiger partial charge in [0.15, 0.2) is 34.5 Å². The molecule has 0 heterocycles. The number of methoxy groups -OCH3 is 3. The topological polar surface area (TPSA) is 55.4 Å². The average molecular weight is 817 g/mol. The molecule has 0 unspecified atom stereocenters. The molecule has 0 radical (unpaired) electrons. The standard InChI is InChI=1S/C54H72O6/c1-7-10-13-16-19-22-25-58-49-31-37-28-43-52(40(37)34-46(49)55-4)44-29-38-32-50(59-26-23-20-17-14-11-8-2)48(57-6)36-42(38)54(44)45-30-39-33-51(47(56-5)35-41(39)53(43)45)60-27-24-21-18-15-12-9-3/h31-36H,7-30H2,1-6H3. The molecule has 0 saturated heterocycles. The number of hydrogen-bond acceptors (Lipinski definition) is 6. The van der Waals surface area contributed by atoms with Crippen molar-refractivity contribution in [3.8, 4) is 67.9 Å². The van der Waals surface area contributed by atoms with Crippen LogP contribution in [0.15, 0.2) is 36.4 Å². The van der Waals surface area contributed by atoms with Gasteiger partial charge in [0, 0.05) is 0 Å². The van der Waals surface area contributed by atoms with Gasteiger partial charge >= 0.3 is 0 Å². The SMILES string of the molecule is CCCCCCCCOc1cc2c(cc1OC)-c1c(c3c(c4c1Cc1cc(OCCCCCCCC)c(OC)cc1-4)Cc1cc(OCCCCCCCC)c(OC)cc1-3)C2. The Morgan fingerprint density at radius 2 is 0.600 bits per heavy atom. The zero-order valence-corrected chi connectivity index (χ0v) is 37.9. The number of unbranched alkanes of at least 4 members (excludes halogenated alkanes) is 15. The minimum atomic E-state index is 0.704. The fourth-order valence-corrected chi connectivity index (χ4v) is 9.95. The molecule has 0 bridgehead atoms. The highest BCUT2D eigenvalue weighted by Gasteiger charge is 2.39. The lowest BCUT2D eigenvalue weighted by atomic mass is 9.86. The summed E-state index contributed by atoms with van der Waals surface area (Å²) in [5.74, 6) is 4.96. The molecule has 0 aromatic heterocycles. The van der Waals surface area contributed by atoms with E-state index in [1.807, 2.05) is 0 Å². The van der Waals surface area contributed by atoms with Gasteiger partial charge in [-0.1, -0.05) is 117 Å². The van der Waals surface area contributed by atoms with E-state index in [-0.39, 0.29) is 0 Å². The summed E-state index contributed by atoms with van der Waals surface area (Å²) >= 11 is 0. The van der Waals surface area contributed by atoms with E-state index in [1.165, 1.54) is 163 Å². The molecule has 0 fully saturated rings. The Kier molecular flexibility index (Phi) is 15.7. The molecule has 0 saturated carbocycles. The molecule has 3 aliphatic rings. The van der Waals surface area contributed by atoms with E-state index in [1.54, 1.807) is 21.3 Å². The van der Waals surface area contributed by atoms with Crippen LogP contribution in [0, 0.1) is 0 Å². The van der Waals surface area contributed by atoms with Crippen LogP contribution in [0.25, 0.3) is 33.4 Å². The first-order valence-corrected chi connectivity index (χ1v) is 23.8. The van der Waals surface area contributed by atoms with Crippen molar-refractivity contribution >= 4 is 0 Å². The lowest BCUT2D eigenvalue weighted by Crippen LogP contribution is -2.00. The molecule has 4 aromatic carbocycles. The van der Waals surface area contributed by atoms with Crippen LogP contribution in [0.4, 0.5) is 0 Å². The minimum absolute atomic E-state index is 0.704. The summed E-state index contributed by atoms with van der Waals surface area (Å²) in [5.41, 5.74) is 15.9. The third-order valence-electron chi connectivity index (χ3n) is 13.2. The Labute approximate surface area is 361 Å². The molecule has 4 aromatic rings. The zero-order chi connectivity index (χ0) is 41.8. The van der Waals surface area contributed by atoms with Crippen LogP contribution in [0.1, 0.15) is 170 Å². The first-order chi connectivity index (χ1) is 29.5. The second kappa shape index (κ2) is 21.5. The number of benzene rings is 4. The fraction of sp³-hybridized carbons (Fsp3) is 0.556. The van der Waals surface area contributed by atoms with E-state index >= 15 is 0 Å². The second-order valence-electron chi connectivity index (χ2n) is 17.4. The van der Waals surface area contributed by atoms with Crippen LogP contribution in [0.5, 0.6) is 34.5 Å². The van der Waals surface area contributed by atoms with Gasteiger partial charge in [-0.25, -0.2) is 0 Å². The van der Waals surface area contributed by atoms with Crippen molar-refractivity contribution in [3.63, 3.8) is 0 Å².